The van der Waals surface area contributed by atoms with E-state index in [9.17, 15) is 4.79 Å². The Bertz CT molecular complexity index is 358. The average Bonchev–Trinajstić information content (AvgIpc) is 2.43. The third-order valence-electron chi connectivity index (χ3n) is 5.47. The number of hydrogen-bond donors (Lipinski definition) is 0. The molecule has 0 N–H and O–H groups in total. The van der Waals surface area contributed by atoms with Crippen LogP contribution in [0.1, 0.15) is 66.2 Å². The lowest BCUT2D eigenvalue weighted by Gasteiger charge is -2.40. The van der Waals surface area contributed by atoms with Gasteiger partial charge in [-0.05, 0) is 62.2 Å². The smallest absolute Gasteiger partial charge is 0.222 e. The van der Waals surface area contributed by atoms with Gasteiger partial charge in [0.2, 0.25) is 5.91 Å². The van der Waals surface area contributed by atoms with E-state index in [2.05, 4.69) is 25.7 Å². The summed E-state index contributed by atoms with van der Waals surface area (Å²) in [5.41, 5.74) is 0.410. The van der Waals surface area contributed by atoms with E-state index in [0.717, 1.165) is 51.5 Å². The summed E-state index contributed by atoms with van der Waals surface area (Å²) in [4.78, 5) is 14.7. The van der Waals surface area contributed by atoms with Crippen molar-refractivity contribution < 1.29 is 9.53 Å². The first kappa shape index (κ1) is 17.8. The molecule has 0 spiro atoms. The van der Waals surface area contributed by atoms with Crippen molar-refractivity contribution in [2.75, 3.05) is 26.3 Å². The summed E-state index contributed by atoms with van der Waals surface area (Å²) in [7, 11) is 0. The zero-order valence-electron chi connectivity index (χ0n) is 15.1. The number of amides is 1. The minimum Gasteiger partial charge on any atom is -0.381 e. The molecule has 2 aliphatic rings. The fourth-order valence-electron chi connectivity index (χ4n) is 4.71. The van der Waals surface area contributed by atoms with E-state index in [1.807, 2.05) is 6.92 Å². The number of hydrogen-bond acceptors (Lipinski definition) is 2. The predicted octanol–water partition coefficient (Wildman–Crippen LogP) is 4.11. The van der Waals surface area contributed by atoms with Gasteiger partial charge in [0, 0.05) is 32.7 Å². The molecule has 3 nitrogen and oxygen atoms in total. The van der Waals surface area contributed by atoms with Gasteiger partial charge in [-0.3, -0.25) is 4.79 Å². The zero-order chi connectivity index (χ0) is 16.2. The molecule has 0 bridgehead atoms. The topological polar surface area (TPSA) is 29.5 Å². The summed E-state index contributed by atoms with van der Waals surface area (Å²) in [6.45, 7) is 12.6. The molecule has 2 rings (SSSR count). The Balaban J connectivity index is 1.76. The highest BCUT2D eigenvalue weighted by Gasteiger charge is 2.34. The lowest BCUT2D eigenvalue weighted by atomic mass is 9.67. The fraction of sp³-hybridized carbons (Fsp3) is 0.947. The van der Waals surface area contributed by atoms with E-state index in [0.29, 0.717) is 23.2 Å². The summed E-state index contributed by atoms with van der Waals surface area (Å²) in [5.74, 6) is 2.40. The second-order valence-corrected chi connectivity index (χ2v) is 8.47. The SMILES string of the molecule is CCOCC1CCN(C(=O)C[C@H]2C[C@H](C)CC(C)(C)C2)CC1. The van der Waals surface area contributed by atoms with Crippen LogP contribution in [-0.4, -0.2) is 37.1 Å². The van der Waals surface area contributed by atoms with Gasteiger partial charge in [0.25, 0.3) is 0 Å². The van der Waals surface area contributed by atoms with Crippen molar-refractivity contribution >= 4 is 5.91 Å². The van der Waals surface area contributed by atoms with Gasteiger partial charge in [0.05, 0.1) is 0 Å². The van der Waals surface area contributed by atoms with E-state index in [1.165, 1.54) is 19.3 Å². The molecule has 0 radical (unpaired) electrons. The first-order valence-corrected chi connectivity index (χ1v) is 9.25. The van der Waals surface area contributed by atoms with Gasteiger partial charge < -0.3 is 9.64 Å². The van der Waals surface area contributed by atoms with Crippen molar-refractivity contribution in [3.63, 3.8) is 0 Å². The predicted molar refractivity (Wildman–Crippen MR) is 90.7 cm³/mol. The molecule has 22 heavy (non-hydrogen) atoms. The zero-order valence-corrected chi connectivity index (χ0v) is 15.1. The standard InChI is InChI=1S/C19H35NO2/c1-5-22-14-16-6-8-20(9-7-16)18(21)11-17-10-15(2)12-19(3,4)13-17/h15-17H,5-14H2,1-4H3/t15-,17+/m0/s1. The van der Waals surface area contributed by atoms with Gasteiger partial charge in [0.15, 0.2) is 0 Å². The Hall–Kier alpha value is -0.570. The Morgan fingerprint density at radius 2 is 1.86 bits per heavy atom. The third-order valence-corrected chi connectivity index (χ3v) is 5.47. The van der Waals surface area contributed by atoms with Crippen LogP contribution in [0.2, 0.25) is 0 Å². The molecule has 0 aromatic rings. The Kier molecular flexibility index (Phi) is 6.31. The summed E-state index contributed by atoms with van der Waals surface area (Å²) < 4.78 is 5.52. The maximum atomic E-state index is 12.6. The fourth-order valence-corrected chi connectivity index (χ4v) is 4.71. The number of carbonyl (C=O) groups excluding carboxylic acids is 1. The largest absolute Gasteiger partial charge is 0.381 e. The van der Waals surface area contributed by atoms with E-state index < -0.39 is 0 Å². The van der Waals surface area contributed by atoms with E-state index >= 15 is 0 Å². The molecule has 0 aromatic heterocycles. The van der Waals surface area contributed by atoms with Crippen molar-refractivity contribution in [2.24, 2.45) is 23.2 Å². The monoisotopic (exact) mass is 309 g/mol. The normalized spacial score (nSPS) is 29.5. The average molecular weight is 309 g/mol. The molecule has 1 aliphatic heterocycles. The summed E-state index contributed by atoms with van der Waals surface area (Å²) in [6, 6.07) is 0. The Morgan fingerprint density at radius 3 is 2.45 bits per heavy atom. The molecule has 2 atom stereocenters. The minimum absolute atomic E-state index is 0.393. The van der Waals surface area contributed by atoms with Crippen molar-refractivity contribution in [2.45, 2.75) is 66.2 Å². The van der Waals surface area contributed by atoms with Gasteiger partial charge in [-0.2, -0.15) is 0 Å². The van der Waals surface area contributed by atoms with Crippen LogP contribution in [-0.2, 0) is 9.53 Å². The molecule has 3 heteroatoms. The van der Waals surface area contributed by atoms with Crippen LogP contribution in [0.25, 0.3) is 0 Å². The van der Waals surface area contributed by atoms with Gasteiger partial charge >= 0.3 is 0 Å². The van der Waals surface area contributed by atoms with Gasteiger partial charge in [-0.1, -0.05) is 20.8 Å². The second kappa shape index (κ2) is 7.81. The third kappa shape index (κ3) is 5.26. The molecule has 1 aliphatic carbocycles. The highest BCUT2D eigenvalue weighted by Crippen LogP contribution is 2.43. The minimum atomic E-state index is 0.393. The molecule has 1 amide bonds. The number of piperidine rings is 1. The van der Waals surface area contributed by atoms with Crippen LogP contribution in [0.5, 0.6) is 0 Å². The highest BCUT2D eigenvalue weighted by atomic mass is 16.5. The maximum Gasteiger partial charge on any atom is 0.222 e. The molecule has 0 aromatic carbocycles. The second-order valence-electron chi connectivity index (χ2n) is 8.47. The Labute approximate surface area is 136 Å². The molecule has 0 unspecified atom stereocenters. The van der Waals surface area contributed by atoms with E-state index in [4.69, 9.17) is 4.74 Å². The van der Waals surface area contributed by atoms with E-state index in [-0.39, 0.29) is 0 Å². The molecule has 1 heterocycles. The van der Waals surface area contributed by atoms with Crippen LogP contribution in [0.4, 0.5) is 0 Å². The lowest BCUT2D eigenvalue weighted by Crippen LogP contribution is -2.41. The lowest BCUT2D eigenvalue weighted by molar-refractivity contribution is -0.134. The van der Waals surface area contributed by atoms with Gasteiger partial charge in [0.1, 0.15) is 0 Å². The van der Waals surface area contributed by atoms with Crippen molar-refractivity contribution in [1.29, 1.82) is 0 Å². The number of likely N-dealkylation sites (tertiary alicyclic amines) is 1. The molecule has 1 saturated heterocycles. The van der Waals surface area contributed by atoms with Crippen molar-refractivity contribution in [3.05, 3.63) is 0 Å². The number of ether oxygens (including phenoxy) is 1. The molecule has 128 valence electrons. The van der Waals surface area contributed by atoms with Crippen LogP contribution in [0.3, 0.4) is 0 Å². The highest BCUT2D eigenvalue weighted by molar-refractivity contribution is 5.76. The summed E-state index contributed by atoms with van der Waals surface area (Å²) >= 11 is 0. The first-order chi connectivity index (χ1) is 10.4. The number of rotatable bonds is 5. The molecular formula is C19H35NO2. The number of nitrogens with zero attached hydrogens (tertiary/aromatic N) is 1. The van der Waals surface area contributed by atoms with E-state index in [1.54, 1.807) is 0 Å². The van der Waals surface area contributed by atoms with Gasteiger partial charge in [-0.15, -0.1) is 0 Å². The maximum absolute atomic E-state index is 12.6. The first-order valence-electron chi connectivity index (χ1n) is 9.25. The molecular weight excluding hydrogens is 274 g/mol. The van der Waals surface area contributed by atoms with Crippen LogP contribution in [0, 0.1) is 23.2 Å². The van der Waals surface area contributed by atoms with Crippen molar-refractivity contribution in [3.8, 4) is 0 Å². The van der Waals surface area contributed by atoms with Crippen LogP contribution < -0.4 is 0 Å². The Morgan fingerprint density at radius 1 is 1.18 bits per heavy atom. The summed E-state index contributed by atoms with van der Waals surface area (Å²) in [6.07, 6.45) is 6.74. The van der Waals surface area contributed by atoms with Crippen LogP contribution >= 0.6 is 0 Å². The number of carbonyl (C=O) groups is 1. The summed E-state index contributed by atoms with van der Waals surface area (Å²) in [5, 5.41) is 0. The molecule has 2 fully saturated rings. The van der Waals surface area contributed by atoms with Crippen LogP contribution in [0.15, 0.2) is 0 Å². The quantitative estimate of drug-likeness (QED) is 0.764. The molecule has 1 saturated carbocycles. The van der Waals surface area contributed by atoms with Gasteiger partial charge in [-0.25, -0.2) is 0 Å². The van der Waals surface area contributed by atoms with Crippen molar-refractivity contribution in [1.82, 2.24) is 4.90 Å².